The lowest BCUT2D eigenvalue weighted by atomic mass is 10.2. The highest BCUT2D eigenvalue weighted by atomic mass is 79.9. The van der Waals surface area contributed by atoms with Crippen molar-refractivity contribution >= 4 is 26.7 Å². The Morgan fingerprint density at radius 2 is 1.56 bits per heavy atom. The number of hydrogen-bond acceptors (Lipinski definition) is 1. The molecule has 0 fully saturated rings. The average molecular weight is 295 g/mol. The molecule has 0 N–H and O–H groups in total. The summed E-state index contributed by atoms with van der Waals surface area (Å²) in [6.07, 6.45) is 0. The maximum Gasteiger partial charge on any atom is 0.0574 e. The zero-order chi connectivity index (χ0) is 11.4. The fraction of sp³-hybridized carbons (Fsp3) is 0.0769. The third-order valence-corrected chi connectivity index (χ3v) is 4.14. The molecule has 1 atom stereocenters. The van der Waals surface area contributed by atoms with E-state index >= 15 is 0 Å². The van der Waals surface area contributed by atoms with Gasteiger partial charge in [-0.1, -0.05) is 46.3 Å². The first-order valence-corrected chi connectivity index (χ1v) is 7.05. The first-order chi connectivity index (χ1) is 7.75. The molecule has 2 aromatic carbocycles. The molecule has 0 saturated heterocycles. The van der Waals surface area contributed by atoms with E-state index in [1.54, 1.807) is 0 Å². The fourth-order valence-electron chi connectivity index (χ4n) is 1.40. The number of hydrogen-bond donors (Lipinski definition) is 0. The quantitative estimate of drug-likeness (QED) is 0.842. The molecule has 0 amide bonds. The molecule has 0 heterocycles. The summed E-state index contributed by atoms with van der Waals surface area (Å²) in [5, 5.41) is 0. The molecule has 1 nitrogen and oxygen atoms in total. The molecule has 82 valence electrons. The minimum Gasteiger partial charge on any atom is -0.254 e. The van der Waals surface area contributed by atoms with Crippen LogP contribution in [-0.4, -0.2) is 4.21 Å². The van der Waals surface area contributed by atoms with Crippen LogP contribution in [0.15, 0.2) is 64.0 Å². The van der Waals surface area contributed by atoms with Crippen molar-refractivity contribution in [3.8, 4) is 0 Å². The molecule has 16 heavy (non-hydrogen) atoms. The van der Waals surface area contributed by atoms with E-state index < -0.39 is 10.8 Å². The molecule has 3 heteroatoms. The summed E-state index contributed by atoms with van der Waals surface area (Å²) in [5.41, 5.74) is 1.10. The molecule has 2 rings (SSSR count). The van der Waals surface area contributed by atoms with Crippen LogP contribution in [0.5, 0.6) is 0 Å². The van der Waals surface area contributed by atoms with Gasteiger partial charge in [0.05, 0.1) is 16.6 Å². The van der Waals surface area contributed by atoms with E-state index in [4.69, 9.17) is 0 Å². The van der Waals surface area contributed by atoms with Crippen molar-refractivity contribution in [3.05, 3.63) is 64.6 Å². The Labute approximate surface area is 106 Å². The van der Waals surface area contributed by atoms with Gasteiger partial charge in [-0.15, -0.1) is 0 Å². The third kappa shape index (κ3) is 3.03. The highest BCUT2D eigenvalue weighted by Crippen LogP contribution is 2.16. The fourth-order valence-corrected chi connectivity index (χ4v) is 2.76. The predicted octanol–water partition coefficient (Wildman–Crippen LogP) is 3.76. The second-order valence-electron chi connectivity index (χ2n) is 3.43. The molecule has 0 aliphatic heterocycles. The van der Waals surface area contributed by atoms with Crippen LogP contribution < -0.4 is 0 Å². The van der Waals surface area contributed by atoms with Gasteiger partial charge in [-0.25, -0.2) is 0 Å². The lowest BCUT2D eigenvalue weighted by Crippen LogP contribution is -1.95. The predicted molar refractivity (Wildman–Crippen MR) is 70.7 cm³/mol. The van der Waals surface area contributed by atoms with Gasteiger partial charge >= 0.3 is 0 Å². The first kappa shape index (κ1) is 11.6. The van der Waals surface area contributed by atoms with E-state index in [9.17, 15) is 4.21 Å². The van der Waals surface area contributed by atoms with Gasteiger partial charge in [0.25, 0.3) is 0 Å². The summed E-state index contributed by atoms with van der Waals surface area (Å²) in [6.45, 7) is 0. The van der Waals surface area contributed by atoms with Crippen molar-refractivity contribution in [1.82, 2.24) is 0 Å². The standard InChI is InChI=1S/C13H11BrOS/c14-12-6-8-13(9-7-12)16(15)10-11-4-2-1-3-5-11/h1-9H,10H2/t16-/m1/s1. The molecule has 0 aliphatic carbocycles. The minimum absolute atomic E-state index is 0.572. The van der Waals surface area contributed by atoms with Gasteiger partial charge in [-0.05, 0) is 29.8 Å². The van der Waals surface area contributed by atoms with Gasteiger partial charge in [0.1, 0.15) is 0 Å². The molecule has 2 aromatic rings. The van der Waals surface area contributed by atoms with Crippen LogP contribution in [0.2, 0.25) is 0 Å². The normalized spacial score (nSPS) is 12.3. The van der Waals surface area contributed by atoms with Gasteiger partial charge in [-0.2, -0.15) is 0 Å². The highest BCUT2D eigenvalue weighted by Gasteiger charge is 2.04. The third-order valence-electron chi connectivity index (χ3n) is 2.22. The van der Waals surface area contributed by atoms with Crippen molar-refractivity contribution in [2.24, 2.45) is 0 Å². The Bertz CT molecular complexity index is 479. The lowest BCUT2D eigenvalue weighted by Gasteiger charge is -2.02. The summed E-state index contributed by atoms with van der Waals surface area (Å²) in [6, 6.07) is 17.5. The van der Waals surface area contributed by atoms with Crippen LogP contribution in [0.3, 0.4) is 0 Å². The Balaban J connectivity index is 2.12. The van der Waals surface area contributed by atoms with Crippen LogP contribution >= 0.6 is 15.9 Å². The molecule has 0 spiro atoms. The van der Waals surface area contributed by atoms with Crippen molar-refractivity contribution in [1.29, 1.82) is 0 Å². The molecule has 0 radical (unpaired) electrons. The highest BCUT2D eigenvalue weighted by molar-refractivity contribution is 9.10. The van der Waals surface area contributed by atoms with Gasteiger partial charge in [0.2, 0.25) is 0 Å². The van der Waals surface area contributed by atoms with Crippen molar-refractivity contribution in [2.75, 3.05) is 0 Å². The SMILES string of the molecule is O=[S@](Cc1ccccc1)c1ccc(Br)cc1. The van der Waals surface area contributed by atoms with E-state index in [0.29, 0.717) is 5.75 Å². The molecular formula is C13H11BrOS. The maximum atomic E-state index is 12.0. The Hall–Kier alpha value is -0.930. The molecule has 0 bridgehead atoms. The second-order valence-corrected chi connectivity index (χ2v) is 5.80. The first-order valence-electron chi connectivity index (χ1n) is 4.93. The van der Waals surface area contributed by atoms with E-state index in [0.717, 1.165) is 14.9 Å². The van der Waals surface area contributed by atoms with Gasteiger partial charge in [0.15, 0.2) is 0 Å². The van der Waals surface area contributed by atoms with Gasteiger partial charge < -0.3 is 0 Å². The smallest absolute Gasteiger partial charge is 0.0574 e. The molecule has 0 saturated carbocycles. The Kier molecular flexibility index (Phi) is 3.91. The summed E-state index contributed by atoms with van der Waals surface area (Å²) in [4.78, 5) is 0.868. The Morgan fingerprint density at radius 3 is 2.19 bits per heavy atom. The topological polar surface area (TPSA) is 17.1 Å². The summed E-state index contributed by atoms with van der Waals surface area (Å²) in [7, 11) is -0.963. The van der Waals surface area contributed by atoms with Crippen molar-refractivity contribution < 1.29 is 4.21 Å². The van der Waals surface area contributed by atoms with E-state index in [1.165, 1.54) is 0 Å². The van der Waals surface area contributed by atoms with Crippen molar-refractivity contribution in [3.63, 3.8) is 0 Å². The van der Waals surface area contributed by atoms with Crippen molar-refractivity contribution in [2.45, 2.75) is 10.6 Å². The van der Waals surface area contributed by atoms with Crippen LogP contribution in [0.25, 0.3) is 0 Å². The molecule has 0 aliphatic rings. The number of halogens is 1. The number of benzene rings is 2. The van der Waals surface area contributed by atoms with Crippen LogP contribution in [0.1, 0.15) is 5.56 Å². The average Bonchev–Trinajstić information content (AvgIpc) is 2.31. The summed E-state index contributed by atoms with van der Waals surface area (Å²) in [5.74, 6) is 0.572. The van der Waals surface area contributed by atoms with Crippen LogP contribution in [0, 0.1) is 0 Å². The summed E-state index contributed by atoms with van der Waals surface area (Å²) < 4.78 is 13.0. The van der Waals surface area contributed by atoms with Crippen LogP contribution in [0.4, 0.5) is 0 Å². The van der Waals surface area contributed by atoms with Gasteiger partial charge in [-0.3, -0.25) is 4.21 Å². The monoisotopic (exact) mass is 294 g/mol. The van der Waals surface area contributed by atoms with E-state index in [-0.39, 0.29) is 0 Å². The van der Waals surface area contributed by atoms with E-state index in [2.05, 4.69) is 15.9 Å². The number of rotatable bonds is 3. The molecule has 0 aromatic heterocycles. The zero-order valence-electron chi connectivity index (χ0n) is 8.60. The molecule has 0 unspecified atom stereocenters. The zero-order valence-corrected chi connectivity index (χ0v) is 11.0. The van der Waals surface area contributed by atoms with E-state index in [1.807, 2.05) is 54.6 Å². The second kappa shape index (κ2) is 5.41. The lowest BCUT2D eigenvalue weighted by molar-refractivity contribution is 0.682. The maximum absolute atomic E-state index is 12.0. The van der Waals surface area contributed by atoms with Gasteiger partial charge in [0, 0.05) is 9.37 Å². The largest absolute Gasteiger partial charge is 0.254 e. The Morgan fingerprint density at radius 1 is 0.938 bits per heavy atom. The molecular weight excluding hydrogens is 284 g/mol. The minimum atomic E-state index is -0.963. The summed E-state index contributed by atoms with van der Waals surface area (Å²) >= 11 is 3.36. The van der Waals surface area contributed by atoms with Crippen LogP contribution in [-0.2, 0) is 16.6 Å².